The summed E-state index contributed by atoms with van der Waals surface area (Å²) in [4.78, 5) is 28.3. The summed E-state index contributed by atoms with van der Waals surface area (Å²) in [5.74, 6) is 0.0894. The summed E-state index contributed by atoms with van der Waals surface area (Å²) >= 11 is 0.839. The Morgan fingerprint density at radius 3 is 2.92 bits per heavy atom. The summed E-state index contributed by atoms with van der Waals surface area (Å²) < 4.78 is 1.51. The maximum atomic E-state index is 11.5. The lowest BCUT2D eigenvalue weighted by Crippen LogP contribution is -2.20. The van der Waals surface area contributed by atoms with Crippen LogP contribution in [0.25, 0.3) is 10.3 Å². The van der Waals surface area contributed by atoms with Crippen molar-refractivity contribution in [1.29, 1.82) is 0 Å². The highest BCUT2D eigenvalue weighted by molar-refractivity contribution is 7.16. The molecule has 0 aliphatic heterocycles. The standard InChI is InChI=1S/C6H6N4O2S/c1-10-4(11)2-3(8-5(10)7)9-6(12)13-2/h1H3,(H2,7,8)(H,9,12). The minimum absolute atomic E-state index is 0.0894. The molecule has 0 fully saturated rings. The lowest BCUT2D eigenvalue weighted by atomic mass is 10.6. The van der Waals surface area contributed by atoms with Crippen molar-refractivity contribution in [3.8, 4) is 0 Å². The Balaban J connectivity index is 3.10. The molecule has 0 radical (unpaired) electrons. The zero-order valence-electron chi connectivity index (χ0n) is 6.70. The van der Waals surface area contributed by atoms with Crippen molar-refractivity contribution in [2.45, 2.75) is 0 Å². The van der Waals surface area contributed by atoms with E-state index in [4.69, 9.17) is 5.73 Å². The Labute approximate surface area is 75.7 Å². The number of H-pyrrole nitrogens is 1. The predicted molar refractivity (Wildman–Crippen MR) is 49.9 cm³/mol. The van der Waals surface area contributed by atoms with Crippen LogP contribution < -0.4 is 16.2 Å². The minimum atomic E-state index is -0.301. The van der Waals surface area contributed by atoms with Crippen LogP contribution in [0.3, 0.4) is 0 Å². The van der Waals surface area contributed by atoms with Crippen LogP contribution in [-0.4, -0.2) is 14.5 Å². The number of nitrogens with two attached hydrogens (primary N) is 1. The van der Waals surface area contributed by atoms with Gasteiger partial charge in [-0.3, -0.25) is 19.1 Å². The van der Waals surface area contributed by atoms with Gasteiger partial charge in [-0.1, -0.05) is 11.3 Å². The average molecular weight is 198 g/mol. The third kappa shape index (κ3) is 1.04. The summed E-state index contributed by atoms with van der Waals surface area (Å²) in [6.07, 6.45) is 0. The highest BCUT2D eigenvalue weighted by Crippen LogP contribution is 2.07. The number of nitrogens with zero attached hydrogens (tertiary/aromatic N) is 2. The fourth-order valence-electron chi connectivity index (χ4n) is 0.990. The molecular formula is C6H6N4O2S. The number of fused-ring (bicyclic) bond motifs is 1. The average Bonchev–Trinajstić information content (AvgIpc) is 2.42. The van der Waals surface area contributed by atoms with Crippen LogP contribution in [0.2, 0.25) is 0 Å². The quantitative estimate of drug-likeness (QED) is 0.583. The molecule has 0 spiro atoms. The molecule has 0 saturated heterocycles. The second-order valence-corrected chi connectivity index (χ2v) is 3.51. The molecule has 7 heteroatoms. The monoisotopic (exact) mass is 198 g/mol. The number of anilines is 1. The number of aromatic amines is 1. The molecule has 13 heavy (non-hydrogen) atoms. The molecule has 0 saturated carbocycles. The number of nitrogen functional groups attached to an aromatic ring is 1. The Morgan fingerprint density at radius 1 is 1.54 bits per heavy atom. The minimum Gasteiger partial charge on any atom is -0.369 e. The van der Waals surface area contributed by atoms with Crippen molar-refractivity contribution >= 4 is 27.6 Å². The maximum Gasteiger partial charge on any atom is 0.306 e. The van der Waals surface area contributed by atoms with Crippen LogP contribution in [0.15, 0.2) is 9.59 Å². The van der Waals surface area contributed by atoms with Gasteiger partial charge in [0.25, 0.3) is 5.56 Å². The molecular weight excluding hydrogens is 192 g/mol. The first kappa shape index (κ1) is 7.99. The predicted octanol–water partition coefficient (Wildman–Crippen LogP) is -0.735. The van der Waals surface area contributed by atoms with Gasteiger partial charge in [0, 0.05) is 7.05 Å². The van der Waals surface area contributed by atoms with E-state index in [0.29, 0.717) is 4.70 Å². The zero-order chi connectivity index (χ0) is 9.59. The van der Waals surface area contributed by atoms with Gasteiger partial charge in [0.05, 0.1) is 0 Å². The topological polar surface area (TPSA) is 93.8 Å². The van der Waals surface area contributed by atoms with Gasteiger partial charge in [-0.2, -0.15) is 4.98 Å². The molecule has 0 unspecified atom stereocenters. The third-order valence-corrected chi connectivity index (χ3v) is 2.56. The number of hydrogen-bond acceptors (Lipinski definition) is 5. The smallest absolute Gasteiger partial charge is 0.306 e. The van der Waals surface area contributed by atoms with Gasteiger partial charge in [0.1, 0.15) is 4.70 Å². The number of thiazole rings is 1. The third-order valence-electron chi connectivity index (χ3n) is 1.70. The molecule has 2 rings (SSSR count). The van der Waals surface area contributed by atoms with E-state index in [2.05, 4.69) is 9.97 Å². The molecule has 6 nitrogen and oxygen atoms in total. The second kappa shape index (κ2) is 2.43. The first-order valence-corrected chi connectivity index (χ1v) is 4.26. The maximum absolute atomic E-state index is 11.5. The van der Waals surface area contributed by atoms with E-state index in [1.807, 2.05) is 0 Å². The Morgan fingerprint density at radius 2 is 2.23 bits per heavy atom. The van der Waals surface area contributed by atoms with Gasteiger partial charge < -0.3 is 5.73 Å². The summed E-state index contributed by atoms with van der Waals surface area (Å²) in [5.41, 5.74) is 5.39. The Bertz CT molecular complexity index is 578. The van der Waals surface area contributed by atoms with Gasteiger partial charge in [-0.05, 0) is 0 Å². The lowest BCUT2D eigenvalue weighted by Gasteiger charge is -1.99. The van der Waals surface area contributed by atoms with Crippen LogP contribution in [-0.2, 0) is 7.05 Å². The molecule has 0 atom stereocenters. The lowest BCUT2D eigenvalue weighted by molar-refractivity contribution is 0.861. The molecule has 0 amide bonds. The van der Waals surface area contributed by atoms with Crippen molar-refractivity contribution in [2.24, 2.45) is 7.05 Å². The van der Waals surface area contributed by atoms with Crippen LogP contribution in [0.4, 0.5) is 5.95 Å². The van der Waals surface area contributed by atoms with E-state index in [1.54, 1.807) is 0 Å². The fraction of sp³-hybridized carbons (Fsp3) is 0.167. The van der Waals surface area contributed by atoms with Gasteiger partial charge in [0.2, 0.25) is 5.95 Å². The number of rotatable bonds is 0. The first-order chi connectivity index (χ1) is 6.09. The van der Waals surface area contributed by atoms with E-state index < -0.39 is 0 Å². The summed E-state index contributed by atoms with van der Waals surface area (Å²) in [6.45, 7) is 0. The largest absolute Gasteiger partial charge is 0.369 e. The van der Waals surface area contributed by atoms with Crippen molar-refractivity contribution in [2.75, 3.05) is 5.73 Å². The molecule has 2 aromatic heterocycles. The van der Waals surface area contributed by atoms with Crippen molar-refractivity contribution in [3.63, 3.8) is 0 Å². The first-order valence-electron chi connectivity index (χ1n) is 3.45. The molecule has 0 aliphatic carbocycles. The highest BCUT2D eigenvalue weighted by atomic mass is 32.1. The number of hydrogen-bond donors (Lipinski definition) is 2. The van der Waals surface area contributed by atoms with Crippen LogP contribution >= 0.6 is 11.3 Å². The highest BCUT2D eigenvalue weighted by Gasteiger charge is 2.08. The fourth-order valence-corrected chi connectivity index (χ4v) is 1.74. The van der Waals surface area contributed by atoms with E-state index in [1.165, 1.54) is 11.6 Å². The molecule has 2 aromatic rings. The van der Waals surface area contributed by atoms with Crippen molar-refractivity contribution < 1.29 is 0 Å². The molecule has 0 bridgehead atoms. The van der Waals surface area contributed by atoms with E-state index in [9.17, 15) is 9.59 Å². The van der Waals surface area contributed by atoms with E-state index in [0.717, 1.165) is 11.3 Å². The van der Waals surface area contributed by atoms with Crippen molar-refractivity contribution in [1.82, 2.24) is 14.5 Å². The summed E-state index contributed by atoms with van der Waals surface area (Å²) in [5, 5.41) is 0. The zero-order valence-corrected chi connectivity index (χ0v) is 7.51. The normalized spacial score (nSPS) is 10.8. The van der Waals surface area contributed by atoms with Crippen LogP contribution in [0.5, 0.6) is 0 Å². The SMILES string of the molecule is Cn1c(N)nc2[nH]c(=O)sc2c1=O. The van der Waals surface area contributed by atoms with Gasteiger partial charge >= 0.3 is 4.87 Å². The number of nitrogens with one attached hydrogen (secondary N) is 1. The second-order valence-electron chi connectivity index (χ2n) is 2.53. The molecule has 68 valence electrons. The van der Waals surface area contributed by atoms with Crippen LogP contribution in [0.1, 0.15) is 0 Å². The molecule has 0 aromatic carbocycles. The van der Waals surface area contributed by atoms with E-state index in [-0.39, 0.29) is 22.0 Å². The van der Waals surface area contributed by atoms with Crippen LogP contribution in [0, 0.1) is 0 Å². The van der Waals surface area contributed by atoms with Gasteiger partial charge in [-0.25, -0.2) is 0 Å². The number of aromatic nitrogens is 3. The molecule has 0 aliphatic rings. The Kier molecular flexibility index (Phi) is 1.49. The molecule has 2 heterocycles. The molecule has 3 N–H and O–H groups in total. The van der Waals surface area contributed by atoms with Crippen molar-refractivity contribution in [3.05, 3.63) is 20.0 Å². The summed E-state index contributed by atoms with van der Waals surface area (Å²) in [7, 11) is 1.51. The Hall–Kier alpha value is -1.63. The van der Waals surface area contributed by atoms with Gasteiger partial charge in [0.15, 0.2) is 5.65 Å². The van der Waals surface area contributed by atoms with E-state index >= 15 is 0 Å². The van der Waals surface area contributed by atoms with Gasteiger partial charge in [-0.15, -0.1) is 0 Å². The summed E-state index contributed by atoms with van der Waals surface area (Å²) in [6, 6.07) is 0.